The number of aromatic nitrogens is 1. The molecule has 1 heterocycles. The van der Waals surface area contributed by atoms with E-state index in [9.17, 15) is 9.59 Å². The molecule has 0 aliphatic heterocycles. The molecule has 6 nitrogen and oxygen atoms in total. The van der Waals surface area contributed by atoms with Gasteiger partial charge in [-0.25, -0.2) is 0 Å². The van der Waals surface area contributed by atoms with E-state index in [0.29, 0.717) is 18.1 Å². The van der Waals surface area contributed by atoms with E-state index in [1.807, 2.05) is 0 Å². The highest BCUT2D eigenvalue weighted by molar-refractivity contribution is 5.94. The van der Waals surface area contributed by atoms with Crippen LogP contribution in [0.25, 0.3) is 0 Å². The van der Waals surface area contributed by atoms with Crippen molar-refractivity contribution in [3.63, 3.8) is 0 Å². The smallest absolute Gasteiger partial charge is 0.245 e. The van der Waals surface area contributed by atoms with E-state index >= 15 is 0 Å². The zero-order valence-corrected chi connectivity index (χ0v) is 12.3. The molecule has 1 aliphatic carbocycles. The molecular formula is C15H21N3O3. The Balaban J connectivity index is 1.93. The highest BCUT2D eigenvalue weighted by Crippen LogP contribution is 2.26. The number of amides is 2. The van der Waals surface area contributed by atoms with Crippen molar-refractivity contribution in [3.05, 3.63) is 24.5 Å². The van der Waals surface area contributed by atoms with E-state index in [1.54, 1.807) is 24.0 Å². The minimum absolute atomic E-state index is 0.00720. The molecule has 6 heteroatoms. The molecule has 1 fully saturated rings. The molecule has 0 radical (unpaired) electrons. The fraction of sp³-hybridized carbons (Fsp3) is 0.533. The lowest BCUT2D eigenvalue weighted by atomic mass is 10.1. The lowest BCUT2D eigenvalue weighted by molar-refractivity contribution is -0.137. The zero-order valence-electron chi connectivity index (χ0n) is 12.3. The van der Waals surface area contributed by atoms with Crippen molar-refractivity contribution in [2.24, 2.45) is 5.92 Å². The van der Waals surface area contributed by atoms with Crippen molar-refractivity contribution in [1.82, 2.24) is 10.1 Å². The minimum Gasteiger partial charge on any atom is -0.360 e. The van der Waals surface area contributed by atoms with Crippen LogP contribution in [0.15, 0.2) is 23.2 Å². The average molecular weight is 291 g/mol. The van der Waals surface area contributed by atoms with Gasteiger partial charge in [-0.3, -0.25) is 9.59 Å². The largest absolute Gasteiger partial charge is 0.360 e. The first kappa shape index (κ1) is 15.3. The van der Waals surface area contributed by atoms with Gasteiger partial charge in [-0.1, -0.05) is 24.1 Å². The Labute approximate surface area is 124 Å². The first-order chi connectivity index (χ1) is 10.1. The third-order valence-electron chi connectivity index (χ3n) is 3.60. The van der Waals surface area contributed by atoms with Crippen LogP contribution in [0.2, 0.25) is 0 Å². The first-order valence-electron chi connectivity index (χ1n) is 7.23. The molecule has 2 rings (SSSR count). The number of carbonyl (C=O) groups is 2. The number of nitrogens with zero attached hydrogens (tertiary/aromatic N) is 2. The fourth-order valence-corrected chi connectivity index (χ4v) is 2.60. The second-order valence-corrected chi connectivity index (χ2v) is 5.36. The summed E-state index contributed by atoms with van der Waals surface area (Å²) in [5, 5.41) is 6.33. The Bertz CT molecular complexity index is 518. The molecule has 0 aromatic carbocycles. The summed E-state index contributed by atoms with van der Waals surface area (Å²) < 4.78 is 4.89. The predicted molar refractivity (Wildman–Crippen MR) is 78.6 cm³/mol. The van der Waals surface area contributed by atoms with E-state index < -0.39 is 0 Å². The van der Waals surface area contributed by atoms with Crippen molar-refractivity contribution < 1.29 is 14.1 Å². The second kappa shape index (κ2) is 7.06. The van der Waals surface area contributed by atoms with E-state index in [1.165, 1.54) is 0 Å². The van der Waals surface area contributed by atoms with Gasteiger partial charge in [-0.2, -0.15) is 0 Å². The molecule has 0 bridgehead atoms. The molecule has 2 amide bonds. The van der Waals surface area contributed by atoms with Crippen LogP contribution in [0, 0.1) is 12.8 Å². The minimum atomic E-state index is -0.281. The normalized spacial score (nSPS) is 14.9. The van der Waals surface area contributed by atoms with Crippen molar-refractivity contribution in [1.29, 1.82) is 0 Å². The molecule has 0 saturated heterocycles. The number of hydrogen-bond donors (Lipinski definition) is 1. The van der Waals surface area contributed by atoms with Gasteiger partial charge in [0.1, 0.15) is 12.3 Å². The van der Waals surface area contributed by atoms with Crippen LogP contribution in [0.5, 0.6) is 0 Å². The van der Waals surface area contributed by atoms with E-state index in [0.717, 1.165) is 25.7 Å². The summed E-state index contributed by atoms with van der Waals surface area (Å²) in [4.78, 5) is 25.9. The molecular weight excluding hydrogens is 270 g/mol. The van der Waals surface area contributed by atoms with Crippen LogP contribution in [0.1, 0.15) is 31.4 Å². The van der Waals surface area contributed by atoms with Gasteiger partial charge in [-0.05, 0) is 19.8 Å². The molecule has 0 spiro atoms. The molecule has 1 aromatic heterocycles. The molecule has 1 saturated carbocycles. The number of nitrogens with one attached hydrogen (secondary N) is 1. The summed E-state index contributed by atoms with van der Waals surface area (Å²) in [7, 11) is 0. The van der Waals surface area contributed by atoms with Crippen molar-refractivity contribution in [3.8, 4) is 0 Å². The van der Waals surface area contributed by atoms with Gasteiger partial charge >= 0.3 is 0 Å². The number of hydrogen-bond acceptors (Lipinski definition) is 4. The predicted octanol–water partition coefficient (Wildman–Crippen LogP) is 2.13. The van der Waals surface area contributed by atoms with Crippen molar-refractivity contribution in [2.45, 2.75) is 32.6 Å². The van der Waals surface area contributed by atoms with Gasteiger partial charge < -0.3 is 14.7 Å². The van der Waals surface area contributed by atoms with E-state index in [2.05, 4.69) is 17.1 Å². The number of aryl methyl sites for hydroxylation is 1. The van der Waals surface area contributed by atoms with Crippen LogP contribution in [0.4, 0.5) is 5.82 Å². The van der Waals surface area contributed by atoms with Crippen LogP contribution in [-0.2, 0) is 9.59 Å². The lowest BCUT2D eigenvalue weighted by Gasteiger charge is -2.23. The maximum atomic E-state index is 12.4. The molecule has 0 unspecified atom stereocenters. The van der Waals surface area contributed by atoms with E-state index in [-0.39, 0.29) is 24.3 Å². The average Bonchev–Trinajstić information content (AvgIpc) is 3.09. The summed E-state index contributed by atoms with van der Waals surface area (Å²) in [5.74, 6) is 0.794. The topological polar surface area (TPSA) is 75.4 Å². The van der Waals surface area contributed by atoms with Gasteiger partial charge in [0.2, 0.25) is 11.8 Å². The summed E-state index contributed by atoms with van der Waals surface area (Å²) in [6.07, 6.45) is 5.64. The zero-order chi connectivity index (χ0) is 15.2. The summed E-state index contributed by atoms with van der Waals surface area (Å²) >= 11 is 0. The SMILES string of the molecule is C=CCN(CC(=O)Nc1cc(C)on1)C(=O)C1CCCC1. The monoisotopic (exact) mass is 291 g/mol. The maximum Gasteiger partial charge on any atom is 0.245 e. The van der Waals surface area contributed by atoms with Gasteiger partial charge in [-0.15, -0.1) is 6.58 Å². The molecule has 1 aromatic rings. The van der Waals surface area contributed by atoms with Gasteiger partial charge in [0, 0.05) is 18.5 Å². The Morgan fingerprint density at radius 3 is 2.81 bits per heavy atom. The summed E-state index contributed by atoms with van der Waals surface area (Å²) in [6.45, 7) is 5.78. The molecule has 1 N–H and O–H groups in total. The molecule has 114 valence electrons. The molecule has 0 atom stereocenters. The Hall–Kier alpha value is -2.11. The first-order valence-corrected chi connectivity index (χ1v) is 7.23. The van der Waals surface area contributed by atoms with Crippen molar-refractivity contribution >= 4 is 17.6 Å². The quantitative estimate of drug-likeness (QED) is 0.815. The Morgan fingerprint density at radius 2 is 2.24 bits per heavy atom. The van der Waals surface area contributed by atoms with Crippen LogP contribution >= 0.6 is 0 Å². The van der Waals surface area contributed by atoms with Crippen molar-refractivity contribution in [2.75, 3.05) is 18.4 Å². The van der Waals surface area contributed by atoms with Gasteiger partial charge in [0.25, 0.3) is 0 Å². The fourth-order valence-electron chi connectivity index (χ4n) is 2.60. The van der Waals surface area contributed by atoms with Crippen LogP contribution < -0.4 is 5.32 Å². The third kappa shape index (κ3) is 4.18. The summed E-state index contributed by atoms with van der Waals surface area (Å²) in [6, 6.07) is 1.63. The summed E-state index contributed by atoms with van der Waals surface area (Å²) in [5.41, 5.74) is 0. The Kier molecular flexibility index (Phi) is 5.14. The standard InChI is InChI=1S/C15H21N3O3/c1-3-8-18(15(20)12-6-4-5-7-12)10-14(19)16-13-9-11(2)21-17-13/h3,9,12H,1,4-8,10H2,2H3,(H,16,17,19). The maximum absolute atomic E-state index is 12.4. The van der Waals surface area contributed by atoms with E-state index in [4.69, 9.17) is 4.52 Å². The third-order valence-corrected chi connectivity index (χ3v) is 3.60. The number of carbonyl (C=O) groups excluding carboxylic acids is 2. The lowest BCUT2D eigenvalue weighted by Crippen LogP contribution is -2.41. The van der Waals surface area contributed by atoms with Gasteiger partial charge in [0.05, 0.1) is 0 Å². The Morgan fingerprint density at radius 1 is 1.52 bits per heavy atom. The number of rotatable bonds is 6. The number of anilines is 1. The second-order valence-electron chi connectivity index (χ2n) is 5.36. The van der Waals surface area contributed by atoms with Crippen LogP contribution in [-0.4, -0.2) is 35.0 Å². The molecule has 21 heavy (non-hydrogen) atoms. The van der Waals surface area contributed by atoms with Crippen LogP contribution in [0.3, 0.4) is 0 Å². The highest BCUT2D eigenvalue weighted by atomic mass is 16.5. The van der Waals surface area contributed by atoms with Gasteiger partial charge in [0.15, 0.2) is 5.82 Å². The molecule has 1 aliphatic rings. The highest BCUT2D eigenvalue weighted by Gasteiger charge is 2.27.